The topological polar surface area (TPSA) is 67.4 Å². The van der Waals surface area contributed by atoms with E-state index in [1.165, 1.54) is 0 Å². The van der Waals surface area contributed by atoms with Gasteiger partial charge in [-0.25, -0.2) is 0 Å². The molecular weight excluding hydrogens is 280 g/mol. The van der Waals surface area contributed by atoms with E-state index in [4.69, 9.17) is 4.74 Å². The summed E-state index contributed by atoms with van der Waals surface area (Å²) in [4.78, 5) is 23.5. The Labute approximate surface area is 129 Å². The quantitative estimate of drug-likeness (QED) is 0.889. The first-order valence-electron chi connectivity index (χ1n) is 6.87. The summed E-state index contributed by atoms with van der Waals surface area (Å²) in [6.45, 7) is 0. The largest absolute Gasteiger partial charge is 0.497 e. The Morgan fingerprint density at radius 1 is 1.09 bits per heavy atom. The number of methoxy groups -OCH3 is 1. The number of carbonyl (C=O) groups is 2. The lowest BCUT2D eigenvalue weighted by molar-refractivity contribution is -0.119. The Morgan fingerprint density at radius 3 is 2.45 bits per heavy atom. The fourth-order valence-electron chi connectivity index (χ4n) is 1.95. The van der Waals surface area contributed by atoms with Crippen LogP contribution in [0.3, 0.4) is 0 Å². The van der Waals surface area contributed by atoms with E-state index in [1.54, 1.807) is 50.6 Å². The van der Waals surface area contributed by atoms with Gasteiger partial charge in [-0.05, 0) is 35.9 Å². The summed E-state index contributed by atoms with van der Waals surface area (Å²) in [6, 6.07) is 14.1. The van der Waals surface area contributed by atoms with Crippen molar-refractivity contribution in [3.8, 4) is 5.75 Å². The lowest BCUT2D eigenvalue weighted by atomic mass is 10.1. The summed E-state index contributed by atoms with van der Waals surface area (Å²) in [5, 5.41) is 5.38. The molecule has 5 heteroatoms. The molecule has 0 aliphatic heterocycles. The number of nitrogens with one attached hydrogen (secondary N) is 2. The molecule has 0 radical (unpaired) electrons. The fraction of sp³-hybridized carbons (Fsp3) is 0.176. The molecule has 2 N–H and O–H groups in total. The van der Waals surface area contributed by atoms with Crippen molar-refractivity contribution in [1.82, 2.24) is 5.32 Å². The predicted octanol–water partition coefficient (Wildman–Crippen LogP) is 2.24. The number of likely N-dealkylation sites (N-methyl/N-ethyl adjacent to an activating group) is 1. The van der Waals surface area contributed by atoms with Gasteiger partial charge in [0.1, 0.15) is 5.75 Å². The number of anilines is 1. The first-order valence-corrected chi connectivity index (χ1v) is 6.87. The maximum absolute atomic E-state index is 12.2. The van der Waals surface area contributed by atoms with Crippen molar-refractivity contribution < 1.29 is 14.3 Å². The Bertz CT molecular complexity index is 666. The van der Waals surface area contributed by atoms with E-state index in [0.29, 0.717) is 23.4 Å². The number of benzene rings is 2. The predicted molar refractivity (Wildman–Crippen MR) is 85.2 cm³/mol. The summed E-state index contributed by atoms with van der Waals surface area (Å²) < 4.78 is 5.10. The maximum atomic E-state index is 12.2. The van der Waals surface area contributed by atoms with Gasteiger partial charge in [0.25, 0.3) is 5.91 Å². The first kappa shape index (κ1) is 15.6. The van der Waals surface area contributed by atoms with Crippen LogP contribution in [-0.2, 0) is 11.2 Å². The van der Waals surface area contributed by atoms with Crippen LogP contribution in [0.25, 0.3) is 0 Å². The van der Waals surface area contributed by atoms with Crippen molar-refractivity contribution in [2.24, 2.45) is 0 Å². The molecule has 22 heavy (non-hydrogen) atoms. The van der Waals surface area contributed by atoms with Gasteiger partial charge in [-0.3, -0.25) is 9.59 Å². The van der Waals surface area contributed by atoms with Crippen molar-refractivity contribution in [2.75, 3.05) is 19.5 Å². The van der Waals surface area contributed by atoms with E-state index in [9.17, 15) is 9.59 Å². The van der Waals surface area contributed by atoms with Crippen LogP contribution in [-0.4, -0.2) is 26.0 Å². The van der Waals surface area contributed by atoms with Gasteiger partial charge in [-0.2, -0.15) is 0 Å². The van der Waals surface area contributed by atoms with Gasteiger partial charge in [0.05, 0.1) is 13.5 Å². The molecule has 2 aromatic carbocycles. The molecule has 0 aromatic heterocycles. The van der Waals surface area contributed by atoms with Crippen LogP contribution < -0.4 is 15.4 Å². The number of amides is 2. The first-order chi connectivity index (χ1) is 10.6. The standard InChI is InChI=1S/C17H18N2O3/c1-18-16(20)10-12-6-8-14(9-7-12)19-17(21)13-4-3-5-15(11-13)22-2/h3-9,11H,10H2,1-2H3,(H,18,20)(H,19,21). The molecule has 0 saturated heterocycles. The van der Waals surface area contributed by atoms with Crippen LogP contribution in [0.4, 0.5) is 5.69 Å². The summed E-state index contributed by atoms with van der Waals surface area (Å²) in [5.41, 5.74) is 2.08. The number of carbonyl (C=O) groups excluding carboxylic acids is 2. The molecule has 0 aliphatic carbocycles. The van der Waals surface area contributed by atoms with E-state index in [1.807, 2.05) is 12.1 Å². The van der Waals surface area contributed by atoms with Gasteiger partial charge >= 0.3 is 0 Å². The summed E-state index contributed by atoms with van der Waals surface area (Å²) in [7, 11) is 3.16. The van der Waals surface area contributed by atoms with E-state index in [0.717, 1.165) is 5.56 Å². The Balaban J connectivity index is 2.03. The van der Waals surface area contributed by atoms with Crippen molar-refractivity contribution in [3.63, 3.8) is 0 Å². The van der Waals surface area contributed by atoms with Crippen LogP contribution in [0.1, 0.15) is 15.9 Å². The number of hydrogen-bond acceptors (Lipinski definition) is 3. The van der Waals surface area contributed by atoms with Crippen LogP contribution in [0, 0.1) is 0 Å². The van der Waals surface area contributed by atoms with Gasteiger partial charge in [0.2, 0.25) is 5.91 Å². The van der Waals surface area contributed by atoms with Gasteiger partial charge in [0, 0.05) is 18.3 Å². The maximum Gasteiger partial charge on any atom is 0.255 e. The number of ether oxygens (including phenoxy) is 1. The van der Waals surface area contributed by atoms with Crippen molar-refractivity contribution >= 4 is 17.5 Å². The lowest BCUT2D eigenvalue weighted by Gasteiger charge is -2.07. The van der Waals surface area contributed by atoms with Gasteiger partial charge < -0.3 is 15.4 Å². The molecule has 0 aliphatic rings. The molecule has 0 unspecified atom stereocenters. The van der Waals surface area contributed by atoms with Gasteiger partial charge in [0.15, 0.2) is 0 Å². The van der Waals surface area contributed by atoms with Gasteiger partial charge in [-0.15, -0.1) is 0 Å². The zero-order chi connectivity index (χ0) is 15.9. The Kier molecular flexibility index (Phi) is 5.14. The third-order valence-corrected chi connectivity index (χ3v) is 3.19. The third-order valence-electron chi connectivity index (χ3n) is 3.19. The van der Waals surface area contributed by atoms with E-state index >= 15 is 0 Å². The molecule has 2 amide bonds. The van der Waals surface area contributed by atoms with Gasteiger partial charge in [-0.1, -0.05) is 18.2 Å². The second kappa shape index (κ2) is 7.26. The van der Waals surface area contributed by atoms with Crippen molar-refractivity contribution in [2.45, 2.75) is 6.42 Å². The van der Waals surface area contributed by atoms with Crippen LogP contribution in [0.2, 0.25) is 0 Å². The second-order valence-corrected chi connectivity index (χ2v) is 4.73. The van der Waals surface area contributed by atoms with Crippen LogP contribution >= 0.6 is 0 Å². The molecule has 0 spiro atoms. The summed E-state index contributed by atoms with van der Waals surface area (Å²) in [6.07, 6.45) is 0.320. The van der Waals surface area contributed by atoms with E-state index in [2.05, 4.69) is 10.6 Å². The lowest BCUT2D eigenvalue weighted by Crippen LogP contribution is -2.19. The van der Waals surface area contributed by atoms with Crippen LogP contribution in [0.5, 0.6) is 5.75 Å². The monoisotopic (exact) mass is 298 g/mol. The number of hydrogen-bond donors (Lipinski definition) is 2. The highest BCUT2D eigenvalue weighted by Gasteiger charge is 2.07. The van der Waals surface area contributed by atoms with Crippen molar-refractivity contribution in [1.29, 1.82) is 0 Å². The average Bonchev–Trinajstić information content (AvgIpc) is 2.56. The summed E-state index contributed by atoms with van der Waals surface area (Å²) >= 11 is 0. The minimum Gasteiger partial charge on any atom is -0.497 e. The smallest absolute Gasteiger partial charge is 0.255 e. The van der Waals surface area contributed by atoms with Crippen LogP contribution in [0.15, 0.2) is 48.5 Å². The van der Waals surface area contributed by atoms with Crippen molar-refractivity contribution in [3.05, 3.63) is 59.7 Å². The summed E-state index contributed by atoms with van der Waals surface area (Å²) in [5.74, 6) is 0.375. The highest BCUT2D eigenvalue weighted by molar-refractivity contribution is 6.04. The zero-order valence-electron chi connectivity index (χ0n) is 12.6. The molecule has 0 saturated carbocycles. The average molecular weight is 298 g/mol. The molecule has 114 valence electrons. The highest BCUT2D eigenvalue weighted by atomic mass is 16.5. The molecular formula is C17H18N2O3. The van der Waals surface area contributed by atoms with E-state index < -0.39 is 0 Å². The highest BCUT2D eigenvalue weighted by Crippen LogP contribution is 2.15. The normalized spacial score (nSPS) is 9.91. The zero-order valence-corrected chi connectivity index (χ0v) is 12.6. The minimum atomic E-state index is -0.210. The second-order valence-electron chi connectivity index (χ2n) is 4.73. The SMILES string of the molecule is CNC(=O)Cc1ccc(NC(=O)c2cccc(OC)c2)cc1. The molecule has 0 heterocycles. The number of rotatable bonds is 5. The molecule has 2 aromatic rings. The molecule has 0 bridgehead atoms. The molecule has 0 fully saturated rings. The Hall–Kier alpha value is -2.82. The minimum absolute atomic E-state index is 0.0480. The third kappa shape index (κ3) is 4.09. The molecule has 2 rings (SSSR count). The fourth-order valence-corrected chi connectivity index (χ4v) is 1.95. The molecule has 0 atom stereocenters. The molecule has 5 nitrogen and oxygen atoms in total. The Morgan fingerprint density at radius 2 is 1.82 bits per heavy atom. The van der Waals surface area contributed by atoms with E-state index in [-0.39, 0.29) is 11.8 Å².